The Morgan fingerprint density at radius 3 is 2.22 bits per heavy atom. The number of anilines is 1. The average molecular weight is 493 g/mol. The molecule has 0 atom stereocenters. The second kappa shape index (κ2) is 11.3. The maximum absolute atomic E-state index is 13.3. The maximum atomic E-state index is 13.3. The van der Waals surface area contributed by atoms with Crippen molar-refractivity contribution in [3.05, 3.63) is 65.4 Å². The third kappa shape index (κ3) is 6.24. The van der Waals surface area contributed by atoms with Gasteiger partial charge >= 0.3 is 0 Å². The minimum Gasteiger partial charge on any atom is -0.497 e. The van der Waals surface area contributed by atoms with Gasteiger partial charge in [-0.2, -0.15) is 5.10 Å². The summed E-state index contributed by atoms with van der Waals surface area (Å²) in [6, 6.07) is 14.8. The summed E-state index contributed by atoms with van der Waals surface area (Å²) in [5.41, 5.74) is 2.96. The lowest BCUT2D eigenvalue weighted by Crippen LogP contribution is -2.38. The van der Waals surface area contributed by atoms with Gasteiger partial charge in [0.05, 0.1) is 25.6 Å². The van der Waals surface area contributed by atoms with E-state index in [2.05, 4.69) is 26.1 Å². The van der Waals surface area contributed by atoms with Crippen LogP contribution >= 0.6 is 0 Å². The van der Waals surface area contributed by atoms with Crippen molar-refractivity contribution in [1.82, 2.24) is 14.7 Å². The Hall–Kier alpha value is -3.81. The lowest BCUT2D eigenvalue weighted by molar-refractivity contribution is -0.116. The van der Waals surface area contributed by atoms with Crippen LogP contribution in [0.1, 0.15) is 55.7 Å². The number of carbonyl (C=O) groups excluding carboxylic acids is 2. The summed E-state index contributed by atoms with van der Waals surface area (Å²) in [6.07, 6.45) is 0.704. The number of ether oxygens (including phenoxy) is 2. The van der Waals surface area contributed by atoms with Gasteiger partial charge in [-0.3, -0.25) is 9.59 Å². The molecule has 0 aliphatic rings. The van der Waals surface area contributed by atoms with Crippen LogP contribution in [0.2, 0.25) is 0 Å². The molecular weight excluding hydrogens is 456 g/mol. The van der Waals surface area contributed by atoms with Crippen LogP contribution in [0.3, 0.4) is 0 Å². The Morgan fingerprint density at radius 1 is 1.03 bits per heavy atom. The molecule has 2 aromatic carbocycles. The Balaban J connectivity index is 1.88. The number of hydrogen-bond donors (Lipinski definition) is 1. The number of aromatic nitrogens is 2. The molecule has 0 fully saturated rings. The Morgan fingerprint density at radius 2 is 1.67 bits per heavy atom. The smallest absolute Gasteiger partial charge is 0.254 e. The molecule has 8 nitrogen and oxygen atoms in total. The van der Waals surface area contributed by atoms with Gasteiger partial charge < -0.3 is 19.7 Å². The van der Waals surface area contributed by atoms with Crippen LogP contribution in [-0.4, -0.2) is 53.8 Å². The Kier molecular flexibility index (Phi) is 8.40. The first-order valence-corrected chi connectivity index (χ1v) is 12.1. The summed E-state index contributed by atoms with van der Waals surface area (Å²) in [7, 11) is 3.06. The molecule has 0 unspecified atom stereocenters. The summed E-state index contributed by atoms with van der Waals surface area (Å²) in [6.45, 7) is 10.5. The van der Waals surface area contributed by atoms with Gasteiger partial charge in [0, 0.05) is 29.7 Å². The molecule has 1 aromatic heterocycles. The number of aryl methyl sites for hydroxylation is 1. The second-order valence-corrected chi connectivity index (χ2v) is 9.74. The first kappa shape index (κ1) is 26.8. The van der Waals surface area contributed by atoms with E-state index in [1.165, 1.54) is 19.1 Å². The highest BCUT2D eigenvalue weighted by Crippen LogP contribution is 2.28. The zero-order valence-corrected chi connectivity index (χ0v) is 22.2. The summed E-state index contributed by atoms with van der Waals surface area (Å²) in [5, 5.41) is 7.78. The summed E-state index contributed by atoms with van der Waals surface area (Å²) < 4.78 is 12.4. The van der Waals surface area contributed by atoms with Crippen molar-refractivity contribution in [3.63, 3.8) is 0 Å². The number of para-hydroxylation sites is 1. The molecule has 192 valence electrons. The SMILES string of the molecule is CCCN(CC(=O)Nc1cc(C(C)(C)C)nn1-c1ccccc1C)C(=O)c1cc(OC)cc(OC)c1. The first-order valence-electron chi connectivity index (χ1n) is 12.1. The van der Waals surface area contributed by atoms with Gasteiger partial charge in [0.1, 0.15) is 23.9 Å². The van der Waals surface area contributed by atoms with Gasteiger partial charge in [-0.15, -0.1) is 0 Å². The lowest BCUT2D eigenvalue weighted by atomic mass is 9.92. The zero-order valence-electron chi connectivity index (χ0n) is 22.2. The van der Waals surface area contributed by atoms with E-state index in [0.29, 0.717) is 35.8 Å². The van der Waals surface area contributed by atoms with Gasteiger partial charge in [-0.25, -0.2) is 4.68 Å². The third-order valence-electron chi connectivity index (χ3n) is 5.80. The molecule has 1 N–H and O–H groups in total. The predicted octanol–water partition coefficient (Wildman–Crippen LogP) is 4.99. The van der Waals surface area contributed by atoms with Crippen LogP contribution in [0.15, 0.2) is 48.5 Å². The van der Waals surface area contributed by atoms with Crippen molar-refractivity contribution >= 4 is 17.6 Å². The van der Waals surface area contributed by atoms with Crippen molar-refractivity contribution < 1.29 is 19.1 Å². The minimum atomic E-state index is -0.304. The van der Waals surface area contributed by atoms with Crippen LogP contribution in [0.25, 0.3) is 5.69 Å². The van der Waals surface area contributed by atoms with Crippen LogP contribution in [0, 0.1) is 6.92 Å². The number of methoxy groups -OCH3 is 2. The predicted molar refractivity (Wildman–Crippen MR) is 141 cm³/mol. The van der Waals surface area contributed by atoms with Crippen LogP contribution in [-0.2, 0) is 10.2 Å². The van der Waals surface area contributed by atoms with Gasteiger partial charge in [0.2, 0.25) is 5.91 Å². The molecule has 2 amide bonds. The van der Waals surface area contributed by atoms with E-state index in [4.69, 9.17) is 14.6 Å². The van der Waals surface area contributed by atoms with Gasteiger partial charge in [0.15, 0.2) is 0 Å². The molecule has 0 aliphatic carbocycles. The van der Waals surface area contributed by atoms with Crippen LogP contribution < -0.4 is 14.8 Å². The third-order valence-corrected chi connectivity index (χ3v) is 5.80. The van der Waals surface area contributed by atoms with Crippen molar-refractivity contribution in [3.8, 4) is 17.2 Å². The van der Waals surface area contributed by atoms with Crippen LogP contribution in [0.5, 0.6) is 11.5 Å². The van der Waals surface area contributed by atoms with E-state index in [1.807, 2.05) is 44.2 Å². The fourth-order valence-electron chi connectivity index (χ4n) is 3.81. The highest BCUT2D eigenvalue weighted by atomic mass is 16.5. The number of rotatable bonds is 9. The van der Waals surface area contributed by atoms with Crippen molar-refractivity contribution in [2.45, 2.75) is 46.5 Å². The fraction of sp³-hybridized carbons (Fsp3) is 0.393. The Bertz CT molecular complexity index is 1200. The number of hydrogen-bond acceptors (Lipinski definition) is 5. The van der Waals surface area contributed by atoms with E-state index < -0.39 is 0 Å². The number of carbonyl (C=O) groups is 2. The Labute approximate surface area is 213 Å². The molecule has 8 heteroatoms. The van der Waals surface area contributed by atoms with Gasteiger partial charge in [0.25, 0.3) is 5.91 Å². The summed E-state index contributed by atoms with van der Waals surface area (Å²) in [5.74, 6) is 1.01. The van der Waals surface area contributed by atoms with Gasteiger partial charge in [-0.1, -0.05) is 45.9 Å². The topological polar surface area (TPSA) is 85.7 Å². The fourth-order valence-corrected chi connectivity index (χ4v) is 3.81. The van der Waals surface area contributed by atoms with E-state index in [9.17, 15) is 9.59 Å². The molecule has 0 radical (unpaired) electrons. The highest BCUT2D eigenvalue weighted by molar-refractivity contribution is 5.99. The molecule has 3 aromatic rings. The normalized spacial score (nSPS) is 11.2. The highest BCUT2D eigenvalue weighted by Gasteiger charge is 2.24. The zero-order chi connectivity index (χ0) is 26.5. The minimum absolute atomic E-state index is 0.101. The van der Waals surface area contributed by atoms with Crippen LogP contribution in [0.4, 0.5) is 5.82 Å². The van der Waals surface area contributed by atoms with Crippen molar-refractivity contribution in [1.29, 1.82) is 0 Å². The maximum Gasteiger partial charge on any atom is 0.254 e. The molecule has 1 heterocycles. The van der Waals surface area contributed by atoms with Crippen molar-refractivity contribution in [2.24, 2.45) is 0 Å². The molecule has 0 aliphatic heterocycles. The summed E-state index contributed by atoms with van der Waals surface area (Å²) in [4.78, 5) is 28.1. The molecule has 0 saturated carbocycles. The largest absolute Gasteiger partial charge is 0.497 e. The summed E-state index contributed by atoms with van der Waals surface area (Å²) >= 11 is 0. The molecule has 36 heavy (non-hydrogen) atoms. The van der Waals surface area contributed by atoms with E-state index in [-0.39, 0.29) is 23.8 Å². The number of nitrogens with one attached hydrogen (secondary N) is 1. The van der Waals surface area contributed by atoms with E-state index in [0.717, 1.165) is 16.9 Å². The number of benzene rings is 2. The van der Waals surface area contributed by atoms with E-state index >= 15 is 0 Å². The average Bonchev–Trinajstić information content (AvgIpc) is 3.27. The second-order valence-electron chi connectivity index (χ2n) is 9.74. The molecule has 3 rings (SSSR count). The molecular formula is C28H36N4O4. The quantitative estimate of drug-likeness (QED) is 0.455. The van der Waals surface area contributed by atoms with Gasteiger partial charge in [-0.05, 0) is 37.1 Å². The van der Waals surface area contributed by atoms with E-state index in [1.54, 1.807) is 22.9 Å². The number of amides is 2. The molecule has 0 bridgehead atoms. The monoisotopic (exact) mass is 492 g/mol. The first-order chi connectivity index (χ1) is 17.1. The molecule has 0 saturated heterocycles. The van der Waals surface area contributed by atoms with Crippen molar-refractivity contribution in [2.75, 3.05) is 32.6 Å². The standard InChI is InChI=1S/C28H36N4O4/c1-8-13-31(27(34)20-14-21(35-6)16-22(15-20)36-7)18-26(33)29-25-17-24(28(3,4)5)30-32(25)23-12-10-9-11-19(23)2/h9-12,14-17H,8,13,18H2,1-7H3,(H,29,33). The molecule has 0 spiro atoms. The lowest BCUT2D eigenvalue weighted by Gasteiger charge is -2.22. The number of nitrogens with zero attached hydrogens (tertiary/aromatic N) is 3.